The van der Waals surface area contributed by atoms with Crippen LogP contribution in [-0.2, 0) is 10.0 Å². The van der Waals surface area contributed by atoms with Crippen molar-refractivity contribution >= 4 is 27.6 Å². The van der Waals surface area contributed by atoms with Crippen LogP contribution in [-0.4, -0.2) is 41.8 Å². The number of hydrogen-bond acceptors (Lipinski definition) is 5. The number of sulfonamides is 1. The Morgan fingerprint density at radius 2 is 1.77 bits per heavy atom. The second-order valence-corrected chi connectivity index (χ2v) is 8.85. The van der Waals surface area contributed by atoms with Gasteiger partial charge in [0.2, 0.25) is 10.0 Å². The first-order chi connectivity index (χ1) is 12.3. The Labute approximate surface area is 157 Å². The van der Waals surface area contributed by atoms with E-state index in [-0.39, 0.29) is 10.7 Å². The number of benzene rings is 1. The zero-order valence-corrected chi connectivity index (χ0v) is 16.5. The van der Waals surface area contributed by atoms with Gasteiger partial charge in [0, 0.05) is 24.8 Å². The minimum Gasteiger partial charge on any atom is -0.293 e. The average molecular weight is 397 g/mol. The van der Waals surface area contributed by atoms with Crippen molar-refractivity contribution in [2.75, 3.05) is 13.1 Å². The van der Waals surface area contributed by atoms with E-state index >= 15 is 0 Å². The molecule has 0 aliphatic rings. The topological polar surface area (TPSA) is 67.3 Å². The summed E-state index contributed by atoms with van der Waals surface area (Å²) in [7, 11) is -3.55. The van der Waals surface area contributed by atoms with E-state index in [2.05, 4.69) is 4.98 Å². The summed E-state index contributed by atoms with van der Waals surface area (Å²) >= 11 is 1.23. The van der Waals surface area contributed by atoms with E-state index in [1.165, 1.54) is 52.6 Å². The van der Waals surface area contributed by atoms with E-state index in [1.807, 2.05) is 0 Å². The van der Waals surface area contributed by atoms with Crippen LogP contribution in [0.1, 0.15) is 31.1 Å². The largest absolute Gasteiger partial charge is 0.293 e. The predicted octanol–water partition coefficient (Wildman–Crippen LogP) is 3.61. The van der Waals surface area contributed by atoms with Crippen LogP contribution in [0.25, 0.3) is 0 Å². The summed E-state index contributed by atoms with van der Waals surface area (Å²) in [5, 5.41) is 0.115. The summed E-state index contributed by atoms with van der Waals surface area (Å²) in [6.45, 7) is 6.07. The van der Waals surface area contributed by atoms with Crippen molar-refractivity contribution in [1.82, 2.24) is 9.29 Å². The van der Waals surface area contributed by atoms with Crippen molar-refractivity contribution in [2.45, 2.75) is 35.9 Å². The van der Waals surface area contributed by atoms with Gasteiger partial charge in [-0.2, -0.15) is 4.31 Å². The highest BCUT2D eigenvalue weighted by molar-refractivity contribution is 8.00. The summed E-state index contributed by atoms with van der Waals surface area (Å²) in [6, 6.07) is 8.48. The highest BCUT2D eigenvalue weighted by Crippen LogP contribution is 2.25. The number of carbonyl (C=O) groups is 1. The molecule has 0 saturated heterocycles. The van der Waals surface area contributed by atoms with Gasteiger partial charge in [-0.1, -0.05) is 25.6 Å². The maximum Gasteiger partial charge on any atom is 0.244 e. The Balaban J connectivity index is 2.11. The second-order valence-electron chi connectivity index (χ2n) is 5.55. The number of hydrogen-bond donors (Lipinski definition) is 0. The SMILES string of the molecule is CCN(CC)S(=O)(=O)c1ccc(SC(C)C(=O)c2ccc(F)cc2)nc1. The molecule has 2 rings (SSSR count). The fourth-order valence-corrected chi connectivity index (χ4v) is 4.65. The number of ketones is 1. The lowest BCUT2D eigenvalue weighted by Crippen LogP contribution is -2.30. The molecule has 0 N–H and O–H groups in total. The van der Waals surface area contributed by atoms with Gasteiger partial charge in [0.25, 0.3) is 0 Å². The van der Waals surface area contributed by atoms with Gasteiger partial charge in [0.1, 0.15) is 10.7 Å². The first-order valence-electron chi connectivity index (χ1n) is 8.22. The zero-order valence-electron chi connectivity index (χ0n) is 14.8. The maximum atomic E-state index is 13.0. The molecule has 26 heavy (non-hydrogen) atoms. The molecule has 1 heterocycles. The van der Waals surface area contributed by atoms with Gasteiger partial charge < -0.3 is 0 Å². The molecule has 1 unspecified atom stereocenters. The van der Waals surface area contributed by atoms with Gasteiger partial charge in [-0.3, -0.25) is 4.79 Å². The number of carbonyl (C=O) groups excluding carboxylic acids is 1. The third-order valence-electron chi connectivity index (χ3n) is 3.85. The first-order valence-corrected chi connectivity index (χ1v) is 10.5. The third kappa shape index (κ3) is 4.69. The number of aromatic nitrogens is 1. The molecule has 0 fully saturated rings. The van der Waals surface area contributed by atoms with E-state index in [4.69, 9.17) is 0 Å². The standard InChI is InChI=1S/C18H21FN2O3S2/c1-4-21(5-2)26(23,24)16-10-11-17(20-12-16)25-13(3)18(22)14-6-8-15(19)9-7-14/h6-13H,4-5H2,1-3H3. The fraction of sp³-hybridized carbons (Fsp3) is 0.333. The summed E-state index contributed by atoms with van der Waals surface area (Å²) in [4.78, 5) is 16.7. The monoisotopic (exact) mass is 396 g/mol. The number of halogens is 1. The van der Waals surface area contributed by atoms with Crippen molar-refractivity contribution in [3.63, 3.8) is 0 Å². The minimum atomic E-state index is -3.55. The van der Waals surface area contributed by atoms with E-state index in [9.17, 15) is 17.6 Å². The molecule has 0 bridgehead atoms. The number of nitrogens with zero attached hydrogens (tertiary/aromatic N) is 2. The van der Waals surface area contributed by atoms with Crippen LogP contribution in [0.3, 0.4) is 0 Å². The Morgan fingerprint density at radius 3 is 2.27 bits per heavy atom. The summed E-state index contributed by atoms with van der Waals surface area (Å²) in [5.41, 5.74) is 0.423. The molecule has 1 aromatic heterocycles. The molecular formula is C18H21FN2O3S2. The normalized spacial score (nSPS) is 13.0. The van der Waals surface area contributed by atoms with Gasteiger partial charge in [0.15, 0.2) is 5.78 Å². The Hall–Kier alpha value is -1.77. The van der Waals surface area contributed by atoms with E-state index in [0.717, 1.165) is 0 Å². The smallest absolute Gasteiger partial charge is 0.244 e. The Kier molecular flexibility index (Phi) is 6.91. The number of thioether (sulfide) groups is 1. The molecule has 0 amide bonds. The van der Waals surface area contributed by atoms with Crippen molar-refractivity contribution in [1.29, 1.82) is 0 Å². The van der Waals surface area contributed by atoms with Crippen LogP contribution in [0.4, 0.5) is 4.39 Å². The lowest BCUT2D eigenvalue weighted by molar-refractivity contribution is 0.0994. The van der Waals surface area contributed by atoms with E-state index in [1.54, 1.807) is 26.8 Å². The fourth-order valence-electron chi connectivity index (χ4n) is 2.39. The number of Topliss-reactive ketones (excluding diaryl/α,β-unsaturated/α-hetero) is 1. The van der Waals surface area contributed by atoms with Gasteiger partial charge in [-0.25, -0.2) is 17.8 Å². The second kappa shape index (κ2) is 8.75. The molecule has 1 atom stereocenters. The lowest BCUT2D eigenvalue weighted by Gasteiger charge is -2.18. The minimum absolute atomic E-state index is 0.128. The average Bonchev–Trinajstić information content (AvgIpc) is 2.63. The van der Waals surface area contributed by atoms with Crippen molar-refractivity contribution in [2.24, 2.45) is 0 Å². The van der Waals surface area contributed by atoms with Crippen LogP contribution in [0.2, 0.25) is 0 Å². The molecule has 0 spiro atoms. The van der Waals surface area contributed by atoms with Crippen LogP contribution in [0.5, 0.6) is 0 Å². The van der Waals surface area contributed by atoms with Gasteiger partial charge in [0.05, 0.1) is 10.3 Å². The highest BCUT2D eigenvalue weighted by atomic mass is 32.2. The molecule has 2 aromatic rings. The van der Waals surface area contributed by atoms with Crippen LogP contribution >= 0.6 is 11.8 Å². The molecule has 8 heteroatoms. The third-order valence-corrected chi connectivity index (χ3v) is 6.93. The summed E-state index contributed by atoms with van der Waals surface area (Å²) in [6.07, 6.45) is 1.31. The van der Waals surface area contributed by atoms with Gasteiger partial charge in [-0.15, -0.1) is 0 Å². The van der Waals surface area contributed by atoms with Crippen LogP contribution in [0.15, 0.2) is 52.5 Å². The maximum absolute atomic E-state index is 13.0. The molecule has 0 aliphatic carbocycles. The lowest BCUT2D eigenvalue weighted by atomic mass is 10.1. The van der Waals surface area contributed by atoms with E-state index < -0.39 is 21.1 Å². The molecule has 0 saturated carbocycles. The first kappa shape index (κ1) is 20.5. The zero-order chi connectivity index (χ0) is 19.3. The van der Waals surface area contributed by atoms with E-state index in [0.29, 0.717) is 23.7 Å². The van der Waals surface area contributed by atoms with Crippen molar-refractivity contribution < 1.29 is 17.6 Å². The summed E-state index contributed by atoms with van der Waals surface area (Å²) in [5.74, 6) is -0.537. The van der Waals surface area contributed by atoms with Gasteiger partial charge >= 0.3 is 0 Å². The number of rotatable bonds is 8. The van der Waals surface area contributed by atoms with Crippen LogP contribution in [0, 0.1) is 5.82 Å². The Bertz CT molecular complexity index is 849. The molecule has 140 valence electrons. The molecule has 0 radical (unpaired) electrons. The van der Waals surface area contributed by atoms with Crippen LogP contribution < -0.4 is 0 Å². The van der Waals surface area contributed by atoms with Crippen molar-refractivity contribution in [3.05, 3.63) is 54.0 Å². The van der Waals surface area contributed by atoms with Crippen molar-refractivity contribution in [3.8, 4) is 0 Å². The molecular weight excluding hydrogens is 375 g/mol. The Morgan fingerprint density at radius 1 is 1.15 bits per heavy atom. The quantitative estimate of drug-likeness (QED) is 0.504. The molecule has 5 nitrogen and oxygen atoms in total. The number of pyridine rings is 1. The predicted molar refractivity (Wildman–Crippen MR) is 100 cm³/mol. The molecule has 0 aliphatic heterocycles. The summed E-state index contributed by atoms with van der Waals surface area (Å²) < 4.78 is 39.2. The highest BCUT2D eigenvalue weighted by Gasteiger charge is 2.22. The molecule has 1 aromatic carbocycles. The van der Waals surface area contributed by atoms with Gasteiger partial charge in [-0.05, 0) is 43.3 Å².